The van der Waals surface area contributed by atoms with Gasteiger partial charge in [-0.25, -0.2) is 0 Å². The number of primary amides is 1. The summed E-state index contributed by atoms with van der Waals surface area (Å²) < 4.78 is 11.1. The monoisotopic (exact) mass is 285 g/mol. The summed E-state index contributed by atoms with van der Waals surface area (Å²) in [5.74, 6) is -0.355. The minimum absolute atomic E-state index is 0.0731. The zero-order valence-electron chi connectivity index (χ0n) is 10.6. The molecular formula is C11H15N3O4S. The van der Waals surface area contributed by atoms with E-state index in [1.54, 1.807) is 13.2 Å². The van der Waals surface area contributed by atoms with Crippen molar-refractivity contribution in [2.75, 3.05) is 17.3 Å². The molecule has 1 aromatic rings. The molecule has 0 saturated carbocycles. The van der Waals surface area contributed by atoms with Crippen LogP contribution in [0.5, 0.6) is 0 Å². The summed E-state index contributed by atoms with van der Waals surface area (Å²) in [6.45, 7) is 1.77. The number of nitro groups is 1. The van der Waals surface area contributed by atoms with Crippen LogP contribution in [-0.2, 0) is 10.8 Å². The van der Waals surface area contributed by atoms with E-state index in [1.165, 1.54) is 12.1 Å². The molecule has 0 aliphatic carbocycles. The van der Waals surface area contributed by atoms with Crippen LogP contribution in [0.15, 0.2) is 18.2 Å². The first kappa shape index (κ1) is 15.1. The van der Waals surface area contributed by atoms with E-state index in [0.717, 1.165) is 6.07 Å². The number of hydrogen-bond acceptors (Lipinski definition) is 5. The van der Waals surface area contributed by atoms with Gasteiger partial charge in [0.2, 0.25) is 5.91 Å². The average Bonchev–Trinajstić information content (AvgIpc) is 2.27. The van der Waals surface area contributed by atoms with Crippen LogP contribution in [-0.4, -0.2) is 33.1 Å². The summed E-state index contributed by atoms with van der Waals surface area (Å²) in [5, 5.41) is 13.9. The molecule has 1 aromatic carbocycles. The lowest BCUT2D eigenvalue weighted by molar-refractivity contribution is -0.384. The molecular weight excluding hydrogens is 270 g/mol. The van der Waals surface area contributed by atoms with Gasteiger partial charge in [-0.3, -0.25) is 19.1 Å². The topological polar surface area (TPSA) is 115 Å². The lowest BCUT2D eigenvalue weighted by atomic mass is 10.1. The number of amides is 1. The van der Waals surface area contributed by atoms with Gasteiger partial charge in [0.25, 0.3) is 5.69 Å². The third kappa shape index (κ3) is 4.32. The van der Waals surface area contributed by atoms with Crippen molar-refractivity contribution < 1.29 is 13.9 Å². The lowest BCUT2D eigenvalue weighted by Crippen LogP contribution is -2.23. The Morgan fingerprint density at radius 3 is 2.68 bits per heavy atom. The van der Waals surface area contributed by atoms with Crippen molar-refractivity contribution in [1.29, 1.82) is 0 Å². The predicted molar refractivity (Wildman–Crippen MR) is 73.6 cm³/mol. The van der Waals surface area contributed by atoms with E-state index in [2.05, 4.69) is 5.32 Å². The maximum atomic E-state index is 11.1. The molecule has 0 aliphatic heterocycles. The summed E-state index contributed by atoms with van der Waals surface area (Å²) in [6, 6.07) is 3.77. The van der Waals surface area contributed by atoms with Gasteiger partial charge >= 0.3 is 0 Å². The third-order valence-corrected chi connectivity index (χ3v) is 3.33. The molecule has 0 spiro atoms. The Bertz CT molecular complexity index is 533. The normalized spacial score (nSPS) is 13.6. The fraction of sp³-hybridized carbons (Fsp3) is 0.364. The van der Waals surface area contributed by atoms with E-state index in [1.807, 2.05) is 0 Å². The van der Waals surface area contributed by atoms with Crippen LogP contribution in [0.1, 0.15) is 17.3 Å². The zero-order valence-corrected chi connectivity index (χ0v) is 11.4. The molecule has 19 heavy (non-hydrogen) atoms. The van der Waals surface area contributed by atoms with Crippen LogP contribution < -0.4 is 11.1 Å². The Balaban J connectivity index is 3.03. The molecule has 0 fully saturated rings. The molecule has 2 unspecified atom stereocenters. The summed E-state index contributed by atoms with van der Waals surface area (Å²) in [6.07, 6.45) is 1.56. The van der Waals surface area contributed by atoms with Crippen molar-refractivity contribution >= 4 is 28.1 Å². The largest absolute Gasteiger partial charge is 0.376 e. The van der Waals surface area contributed by atoms with Gasteiger partial charge in [0.15, 0.2) is 0 Å². The second kappa shape index (κ2) is 6.28. The highest BCUT2D eigenvalue weighted by atomic mass is 32.2. The first-order valence-electron chi connectivity index (χ1n) is 5.46. The van der Waals surface area contributed by atoms with Gasteiger partial charge in [-0.2, -0.15) is 0 Å². The molecule has 0 aliphatic rings. The number of nitro benzene ring substituents is 1. The molecule has 2 atom stereocenters. The van der Waals surface area contributed by atoms with Crippen molar-refractivity contribution in [2.24, 2.45) is 5.73 Å². The highest BCUT2D eigenvalue weighted by Crippen LogP contribution is 2.26. The number of carbonyl (C=O) groups is 1. The van der Waals surface area contributed by atoms with Crippen LogP contribution in [0.2, 0.25) is 0 Å². The van der Waals surface area contributed by atoms with Gasteiger partial charge in [-0.05, 0) is 19.1 Å². The van der Waals surface area contributed by atoms with E-state index in [4.69, 9.17) is 5.73 Å². The average molecular weight is 285 g/mol. The van der Waals surface area contributed by atoms with Gasteiger partial charge in [0, 0.05) is 40.5 Å². The highest BCUT2D eigenvalue weighted by Gasteiger charge is 2.18. The van der Waals surface area contributed by atoms with Crippen molar-refractivity contribution in [3.63, 3.8) is 0 Å². The first-order valence-corrected chi connectivity index (χ1v) is 7.18. The molecule has 1 rings (SSSR count). The fourth-order valence-corrected chi connectivity index (χ4v) is 2.40. The molecule has 8 heteroatoms. The number of benzene rings is 1. The quantitative estimate of drug-likeness (QED) is 0.594. The minimum Gasteiger partial charge on any atom is -0.376 e. The Hall–Kier alpha value is -1.96. The van der Waals surface area contributed by atoms with Crippen molar-refractivity contribution in [2.45, 2.75) is 13.0 Å². The predicted octanol–water partition coefficient (Wildman–Crippen LogP) is 0.873. The van der Waals surface area contributed by atoms with Crippen molar-refractivity contribution in [1.82, 2.24) is 0 Å². The fourth-order valence-electron chi connectivity index (χ4n) is 1.62. The van der Waals surface area contributed by atoms with Gasteiger partial charge in [-0.15, -0.1) is 0 Å². The maximum Gasteiger partial charge on any atom is 0.293 e. The summed E-state index contributed by atoms with van der Waals surface area (Å²) in [4.78, 5) is 21.4. The SMILES string of the molecule is CC(CS(C)=O)Nc1ccc(C(N)=O)cc1[N+](=O)[O-]. The van der Waals surface area contributed by atoms with Crippen molar-refractivity contribution in [3.05, 3.63) is 33.9 Å². The standard InChI is InChI=1S/C11H15N3O4S/c1-7(6-19(2)18)13-9-4-3-8(11(12)15)5-10(9)14(16)17/h3-5,7,13H,6H2,1-2H3,(H2,12,15). The number of nitrogens with zero attached hydrogens (tertiary/aromatic N) is 1. The Morgan fingerprint density at radius 2 is 2.21 bits per heavy atom. The first-order chi connectivity index (χ1) is 8.81. The van der Waals surface area contributed by atoms with E-state index in [9.17, 15) is 19.1 Å². The Morgan fingerprint density at radius 1 is 1.58 bits per heavy atom. The van der Waals surface area contributed by atoms with Gasteiger partial charge in [0.05, 0.1) is 4.92 Å². The Kier molecular flexibility index (Phi) is 4.99. The van der Waals surface area contributed by atoms with E-state index in [-0.39, 0.29) is 23.0 Å². The molecule has 104 valence electrons. The van der Waals surface area contributed by atoms with Crippen LogP contribution in [0.25, 0.3) is 0 Å². The van der Waals surface area contributed by atoms with Gasteiger partial charge in [-0.1, -0.05) is 0 Å². The molecule has 0 saturated heterocycles. The summed E-state index contributed by atoms with van der Waals surface area (Å²) >= 11 is 0. The van der Waals surface area contributed by atoms with E-state index in [0.29, 0.717) is 5.75 Å². The number of carbonyl (C=O) groups excluding carboxylic acids is 1. The Labute approximate surface area is 112 Å². The number of rotatable bonds is 6. The molecule has 0 radical (unpaired) electrons. The molecule has 7 nitrogen and oxygen atoms in total. The summed E-state index contributed by atoms with van der Waals surface area (Å²) in [7, 11) is -1.00. The smallest absolute Gasteiger partial charge is 0.293 e. The second-order valence-corrected chi connectivity index (χ2v) is 5.62. The number of hydrogen-bond donors (Lipinski definition) is 2. The lowest BCUT2D eigenvalue weighted by Gasteiger charge is -2.14. The van der Waals surface area contributed by atoms with Crippen LogP contribution in [0.4, 0.5) is 11.4 Å². The second-order valence-electron chi connectivity index (χ2n) is 4.14. The molecule has 3 N–H and O–H groups in total. The molecule has 0 aromatic heterocycles. The number of anilines is 1. The van der Waals surface area contributed by atoms with E-state index >= 15 is 0 Å². The van der Waals surface area contributed by atoms with Crippen molar-refractivity contribution in [3.8, 4) is 0 Å². The zero-order chi connectivity index (χ0) is 14.6. The molecule has 0 heterocycles. The maximum absolute atomic E-state index is 11.1. The summed E-state index contributed by atoms with van der Waals surface area (Å²) in [5.41, 5.74) is 5.19. The van der Waals surface area contributed by atoms with Gasteiger partial charge < -0.3 is 11.1 Å². The van der Waals surface area contributed by atoms with Crippen LogP contribution in [0, 0.1) is 10.1 Å². The minimum atomic E-state index is -1.00. The number of nitrogens with one attached hydrogen (secondary N) is 1. The highest BCUT2D eigenvalue weighted by molar-refractivity contribution is 7.84. The van der Waals surface area contributed by atoms with Crippen LogP contribution in [0.3, 0.4) is 0 Å². The number of nitrogens with two attached hydrogens (primary N) is 1. The van der Waals surface area contributed by atoms with Gasteiger partial charge in [0.1, 0.15) is 5.69 Å². The molecule has 0 bridgehead atoms. The van der Waals surface area contributed by atoms with Crippen LogP contribution >= 0.6 is 0 Å². The third-order valence-electron chi connectivity index (χ3n) is 2.37. The van der Waals surface area contributed by atoms with E-state index < -0.39 is 21.6 Å². The molecule has 1 amide bonds.